The van der Waals surface area contributed by atoms with Gasteiger partial charge in [0.25, 0.3) is 5.91 Å². The third-order valence-corrected chi connectivity index (χ3v) is 6.09. The van der Waals surface area contributed by atoms with Crippen LogP contribution < -0.4 is 4.74 Å². The second kappa shape index (κ2) is 10.1. The molecule has 0 spiro atoms. The number of amides is 2. The van der Waals surface area contributed by atoms with Crippen LogP contribution in [0.1, 0.15) is 42.1 Å². The van der Waals surface area contributed by atoms with Crippen molar-refractivity contribution in [1.82, 2.24) is 9.80 Å². The maximum Gasteiger partial charge on any atom is 0.257 e. The Morgan fingerprint density at radius 1 is 1.16 bits per heavy atom. The van der Waals surface area contributed by atoms with Gasteiger partial charge in [-0.2, -0.15) is 5.26 Å². The molecule has 0 aromatic heterocycles. The van der Waals surface area contributed by atoms with E-state index >= 15 is 0 Å². The molecule has 0 radical (unpaired) electrons. The van der Waals surface area contributed by atoms with Crippen LogP contribution in [-0.2, 0) is 14.3 Å². The number of nitrogens with zero attached hydrogens (tertiary/aromatic N) is 3. The van der Waals surface area contributed by atoms with E-state index in [1.165, 1.54) is 4.90 Å². The number of fused-ring (bicyclic) bond motifs is 3. The fourth-order valence-electron chi connectivity index (χ4n) is 4.28. The molecule has 31 heavy (non-hydrogen) atoms. The Balaban J connectivity index is 1.96. The molecule has 2 bridgehead atoms. The number of carbonyl (C=O) groups excluding carboxylic acids is 2. The fraction of sp³-hybridized carbons (Fsp3) is 0.609. The van der Waals surface area contributed by atoms with Gasteiger partial charge in [-0.05, 0) is 31.4 Å². The maximum absolute atomic E-state index is 13.2. The first-order chi connectivity index (χ1) is 14.8. The lowest BCUT2D eigenvalue weighted by molar-refractivity contribution is -0.146. The second-order valence-corrected chi connectivity index (χ2v) is 8.39. The molecule has 2 heterocycles. The van der Waals surface area contributed by atoms with E-state index in [0.29, 0.717) is 12.1 Å². The summed E-state index contributed by atoms with van der Waals surface area (Å²) in [5.74, 6) is -0.423. The van der Waals surface area contributed by atoms with Crippen LogP contribution in [-0.4, -0.2) is 80.8 Å². The lowest BCUT2D eigenvalue weighted by Gasteiger charge is -2.36. The average molecular weight is 430 g/mol. The minimum Gasteiger partial charge on any atom is -0.489 e. The Morgan fingerprint density at radius 3 is 2.65 bits per heavy atom. The van der Waals surface area contributed by atoms with Crippen molar-refractivity contribution in [3.8, 4) is 11.8 Å². The van der Waals surface area contributed by atoms with Gasteiger partial charge in [0.05, 0.1) is 29.3 Å². The van der Waals surface area contributed by atoms with E-state index in [1.54, 1.807) is 44.3 Å². The third kappa shape index (κ3) is 5.17. The first kappa shape index (κ1) is 23.0. The molecule has 1 aromatic carbocycles. The standard InChI is InChI=1S/C23H31N3O5/c1-15-13-26(3)23(28)18-7-5-6-16(12-24)21(18)30-14-20-19(29-4)9-8-17(31-20)10-11-25(2)22(15)27/h5-7,15,17,19-20H,8-11,13-14H2,1-4H3/t15-,17+,19-,20-/m0/s1. The first-order valence-corrected chi connectivity index (χ1v) is 10.7. The number of rotatable bonds is 1. The van der Waals surface area contributed by atoms with Crippen LogP contribution in [0.5, 0.6) is 5.75 Å². The van der Waals surface area contributed by atoms with Gasteiger partial charge >= 0.3 is 0 Å². The van der Waals surface area contributed by atoms with Gasteiger partial charge in [0, 0.05) is 34.3 Å². The monoisotopic (exact) mass is 429 g/mol. The maximum atomic E-state index is 13.2. The van der Waals surface area contributed by atoms with Gasteiger partial charge in [0.1, 0.15) is 24.5 Å². The number of nitriles is 1. The average Bonchev–Trinajstić information content (AvgIpc) is 2.79. The molecule has 1 aromatic rings. The molecule has 8 nitrogen and oxygen atoms in total. The van der Waals surface area contributed by atoms with E-state index in [4.69, 9.17) is 14.2 Å². The van der Waals surface area contributed by atoms with Crippen LogP contribution in [0, 0.1) is 17.2 Å². The van der Waals surface area contributed by atoms with E-state index in [9.17, 15) is 14.9 Å². The van der Waals surface area contributed by atoms with Crippen molar-refractivity contribution in [2.45, 2.75) is 44.5 Å². The lowest BCUT2D eigenvalue weighted by atomic mass is 9.99. The van der Waals surface area contributed by atoms with Gasteiger partial charge in [-0.1, -0.05) is 13.0 Å². The minimum atomic E-state index is -0.356. The highest BCUT2D eigenvalue weighted by molar-refractivity contribution is 5.97. The van der Waals surface area contributed by atoms with Gasteiger partial charge in [0.15, 0.2) is 0 Å². The normalized spacial score (nSPS) is 28.1. The van der Waals surface area contributed by atoms with Crippen LogP contribution in [0.3, 0.4) is 0 Å². The van der Waals surface area contributed by atoms with E-state index in [-0.39, 0.29) is 60.5 Å². The molecule has 1 saturated heterocycles. The van der Waals surface area contributed by atoms with Crippen molar-refractivity contribution in [3.05, 3.63) is 29.3 Å². The molecule has 2 aliphatic heterocycles. The summed E-state index contributed by atoms with van der Waals surface area (Å²) in [5, 5.41) is 9.57. The molecular formula is C23H31N3O5. The van der Waals surface area contributed by atoms with Gasteiger partial charge < -0.3 is 24.0 Å². The molecule has 8 heteroatoms. The summed E-state index contributed by atoms with van der Waals surface area (Å²) in [6.07, 6.45) is 1.90. The topological polar surface area (TPSA) is 92.1 Å². The Labute approximate surface area is 183 Å². The molecule has 2 amide bonds. The molecule has 0 saturated carbocycles. The van der Waals surface area contributed by atoms with Crippen molar-refractivity contribution in [1.29, 1.82) is 5.26 Å². The zero-order chi connectivity index (χ0) is 22.5. The minimum absolute atomic E-state index is 0.00864. The van der Waals surface area contributed by atoms with E-state index < -0.39 is 0 Å². The van der Waals surface area contributed by atoms with Crippen molar-refractivity contribution in [2.75, 3.05) is 40.9 Å². The summed E-state index contributed by atoms with van der Waals surface area (Å²) in [4.78, 5) is 29.2. The predicted molar refractivity (Wildman–Crippen MR) is 114 cm³/mol. The molecular weight excluding hydrogens is 398 g/mol. The molecule has 1 fully saturated rings. The van der Waals surface area contributed by atoms with Crippen molar-refractivity contribution < 1.29 is 23.8 Å². The highest BCUT2D eigenvalue weighted by atomic mass is 16.6. The zero-order valence-corrected chi connectivity index (χ0v) is 18.7. The summed E-state index contributed by atoms with van der Waals surface area (Å²) in [5.41, 5.74) is 0.583. The fourth-order valence-corrected chi connectivity index (χ4v) is 4.28. The number of benzene rings is 1. The summed E-state index contributed by atoms with van der Waals surface area (Å²) >= 11 is 0. The highest BCUT2D eigenvalue weighted by Crippen LogP contribution is 2.29. The molecule has 0 aliphatic carbocycles. The number of para-hydroxylation sites is 1. The van der Waals surface area contributed by atoms with Crippen molar-refractivity contribution >= 4 is 11.8 Å². The van der Waals surface area contributed by atoms with E-state index in [2.05, 4.69) is 6.07 Å². The molecule has 168 valence electrons. The number of carbonyl (C=O) groups is 2. The van der Waals surface area contributed by atoms with Crippen LogP contribution >= 0.6 is 0 Å². The molecule has 0 unspecified atom stereocenters. The molecule has 3 rings (SSSR count). The number of ether oxygens (including phenoxy) is 3. The smallest absolute Gasteiger partial charge is 0.257 e. The number of hydrogen-bond acceptors (Lipinski definition) is 6. The van der Waals surface area contributed by atoms with Crippen LogP contribution in [0.2, 0.25) is 0 Å². The molecule has 0 N–H and O–H groups in total. The lowest BCUT2D eigenvalue weighted by Crippen LogP contribution is -2.45. The summed E-state index contributed by atoms with van der Waals surface area (Å²) in [6, 6.07) is 7.04. The Bertz CT molecular complexity index is 852. The molecule has 4 atom stereocenters. The SMILES string of the molecule is CO[C@H]1CC[C@@H]2CCN(C)C(=O)[C@@H](C)CN(C)C(=O)c3cccc(C#N)c3OC[C@@H]1O2. The summed E-state index contributed by atoms with van der Waals surface area (Å²) < 4.78 is 17.9. The van der Waals surface area contributed by atoms with Crippen LogP contribution in [0.4, 0.5) is 0 Å². The van der Waals surface area contributed by atoms with Gasteiger partial charge in [0.2, 0.25) is 5.91 Å². The quantitative estimate of drug-likeness (QED) is 0.679. The zero-order valence-electron chi connectivity index (χ0n) is 18.7. The van der Waals surface area contributed by atoms with E-state index in [0.717, 1.165) is 19.3 Å². The third-order valence-electron chi connectivity index (χ3n) is 6.09. The summed E-state index contributed by atoms with van der Waals surface area (Å²) in [6.45, 7) is 2.84. The highest BCUT2D eigenvalue weighted by Gasteiger charge is 2.33. The van der Waals surface area contributed by atoms with Gasteiger partial charge in [-0.3, -0.25) is 9.59 Å². The van der Waals surface area contributed by atoms with Crippen molar-refractivity contribution in [3.63, 3.8) is 0 Å². The van der Waals surface area contributed by atoms with Gasteiger partial charge in [-0.15, -0.1) is 0 Å². The largest absolute Gasteiger partial charge is 0.489 e. The Kier molecular flexibility index (Phi) is 7.52. The predicted octanol–water partition coefficient (Wildman–Crippen LogP) is 2.07. The van der Waals surface area contributed by atoms with Crippen molar-refractivity contribution in [2.24, 2.45) is 5.92 Å². The molecule has 2 aliphatic rings. The second-order valence-electron chi connectivity index (χ2n) is 8.39. The Morgan fingerprint density at radius 2 is 1.94 bits per heavy atom. The van der Waals surface area contributed by atoms with Crippen LogP contribution in [0.15, 0.2) is 18.2 Å². The van der Waals surface area contributed by atoms with Gasteiger partial charge in [-0.25, -0.2) is 0 Å². The first-order valence-electron chi connectivity index (χ1n) is 10.7. The summed E-state index contributed by atoms with van der Waals surface area (Å²) in [7, 11) is 5.09. The number of hydrogen-bond donors (Lipinski definition) is 0. The Hall–Kier alpha value is -2.63. The van der Waals surface area contributed by atoms with Crippen LogP contribution in [0.25, 0.3) is 0 Å². The number of methoxy groups -OCH3 is 1. The van der Waals surface area contributed by atoms with E-state index in [1.807, 2.05) is 6.92 Å².